The highest BCUT2D eigenvalue weighted by Crippen LogP contribution is 2.21. The summed E-state index contributed by atoms with van der Waals surface area (Å²) in [6.45, 7) is 0. The van der Waals surface area contributed by atoms with Gasteiger partial charge >= 0.3 is 5.97 Å². The molecule has 1 fully saturated rings. The van der Waals surface area contributed by atoms with Gasteiger partial charge in [0.2, 0.25) is 0 Å². The standard InChI is InChI=1S/C6H11NO4S/c1-11-6(8)5(7)4-2-12(9,10)3-4/h4-5H,2-3,7H2,1H3/t5-/m0/s1. The zero-order chi connectivity index (χ0) is 9.35. The number of methoxy groups -OCH3 is 1. The average molecular weight is 193 g/mol. The molecule has 0 amide bonds. The fourth-order valence-electron chi connectivity index (χ4n) is 1.14. The highest BCUT2D eigenvalue weighted by Gasteiger charge is 2.40. The largest absolute Gasteiger partial charge is 0.468 e. The predicted molar refractivity (Wildman–Crippen MR) is 42.1 cm³/mol. The molecule has 0 saturated carbocycles. The molecule has 0 spiro atoms. The van der Waals surface area contributed by atoms with Crippen molar-refractivity contribution < 1.29 is 17.9 Å². The zero-order valence-corrected chi connectivity index (χ0v) is 7.50. The van der Waals surface area contributed by atoms with Gasteiger partial charge in [-0.05, 0) is 0 Å². The molecule has 0 radical (unpaired) electrons. The van der Waals surface area contributed by atoms with E-state index < -0.39 is 21.8 Å². The molecule has 0 aromatic rings. The highest BCUT2D eigenvalue weighted by atomic mass is 32.2. The summed E-state index contributed by atoms with van der Waals surface area (Å²) in [7, 11) is -1.67. The molecule has 1 aliphatic rings. The predicted octanol–water partition coefficient (Wildman–Crippen LogP) is -1.47. The Labute approximate surface area is 70.8 Å². The molecule has 70 valence electrons. The van der Waals surface area contributed by atoms with Crippen LogP contribution in [0.3, 0.4) is 0 Å². The van der Waals surface area contributed by atoms with Gasteiger partial charge in [-0.2, -0.15) is 0 Å². The van der Waals surface area contributed by atoms with Crippen LogP contribution in [0.1, 0.15) is 0 Å². The van der Waals surface area contributed by atoms with Crippen molar-refractivity contribution in [1.29, 1.82) is 0 Å². The molecule has 1 atom stereocenters. The summed E-state index contributed by atoms with van der Waals surface area (Å²) in [6, 6.07) is -0.793. The maximum Gasteiger partial charge on any atom is 0.322 e. The lowest BCUT2D eigenvalue weighted by Gasteiger charge is -2.29. The average Bonchev–Trinajstić information content (AvgIpc) is 1.97. The molecule has 0 aliphatic carbocycles. The van der Waals surface area contributed by atoms with Gasteiger partial charge in [0.1, 0.15) is 6.04 Å². The van der Waals surface area contributed by atoms with E-state index in [1.807, 2.05) is 0 Å². The van der Waals surface area contributed by atoms with Gasteiger partial charge in [-0.1, -0.05) is 0 Å². The van der Waals surface area contributed by atoms with Crippen LogP contribution in [0.2, 0.25) is 0 Å². The van der Waals surface area contributed by atoms with Crippen LogP contribution in [0, 0.1) is 5.92 Å². The van der Waals surface area contributed by atoms with Crippen molar-refractivity contribution in [3.05, 3.63) is 0 Å². The Morgan fingerprint density at radius 2 is 2.08 bits per heavy atom. The second-order valence-electron chi connectivity index (χ2n) is 2.89. The lowest BCUT2D eigenvalue weighted by molar-refractivity contribution is -0.143. The lowest BCUT2D eigenvalue weighted by Crippen LogP contribution is -2.51. The molecule has 0 unspecified atom stereocenters. The fourth-order valence-corrected chi connectivity index (χ4v) is 2.76. The normalized spacial score (nSPS) is 24.2. The summed E-state index contributed by atoms with van der Waals surface area (Å²) >= 11 is 0. The smallest absolute Gasteiger partial charge is 0.322 e. The molecule has 0 bridgehead atoms. The van der Waals surface area contributed by atoms with E-state index >= 15 is 0 Å². The quantitative estimate of drug-likeness (QED) is 0.541. The molecular formula is C6H11NO4S. The van der Waals surface area contributed by atoms with Gasteiger partial charge in [0.05, 0.1) is 18.6 Å². The Hall–Kier alpha value is -0.620. The lowest BCUT2D eigenvalue weighted by atomic mass is 10.0. The second kappa shape index (κ2) is 3.02. The van der Waals surface area contributed by atoms with Crippen molar-refractivity contribution in [3.8, 4) is 0 Å². The van der Waals surface area contributed by atoms with Crippen molar-refractivity contribution in [1.82, 2.24) is 0 Å². The third kappa shape index (κ3) is 1.75. The van der Waals surface area contributed by atoms with Crippen LogP contribution in [0.5, 0.6) is 0 Å². The monoisotopic (exact) mass is 193 g/mol. The summed E-state index contributed by atoms with van der Waals surface area (Å²) in [5.41, 5.74) is 5.42. The Kier molecular flexibility index (Phi) is 2.39. The van der Waals surface area contributed by atoms with Crippen molar-refractivity contribution in [2.45, 2.75) is 6.04 Å². The molecule has 1 saturated heterocycles. The summed E-state index contributed by atoms with van der Waals surface area (Å²) in [4.78, 5) is 10.8. The number of esters is 1. The van der Waals surface area contributed by atoms with E-state index in [-0.39, 0.29) is 17.4 Å². The van der Waals surface area contributed by atoms with E-state index in [9.17, 15) is 13.2 Å². The van der Waals surface area contributed by atoms with Crippen molar-refractivity contribution >= 4 is 15.8 Å². The Bertz CT molecular complexity index is 272. The number of nitrogens with two attached hydrogens (primary N) is 1. The van der Waals surface area contributed by atoms with Gasteiger partial charge in [0.15, 0.2) is 9.84 Å². The van der Waals surface area contributed by atoms with Crippen LogP contribution in [0.15, 0.2) is 0 Å². The first-order chi connectivity index (χ1) is 5.46. The van der Waals surface area contributed by atoms with E-state index in [1.54, 1.807) is 0 Å². The summed E-state index contributed by atoms with van der Waals surface area (Å²) < 4.78 is 25.8. The molecule has 12 heavy (non-hydrogen) atoms. The fraction of sp³-hybridized carbons (Fsp3) is 0.833. The minimum Gasteiger partial charge on any atom is -0.468 e. The van der Waals surface area contributed by atoms with Crippen molar-refractivity contribution in [3.63, 3.8) is 0 Å². The van der Waals surface area contributed by atoms with E-state index in [0.717, 1.165) is 0 Å². The Morgan fingerprint density at radius 1 is 1.58 bits per heavy atom. The van der Waals surface area contributed by atoms with Gasteiger partial charge in [-0.3, -0.25) is 4.79 Å². The summed E-state index contributed by atoms with van der Waals surface area (Å²) in [5.74, 6) is -0.802. The number of ether oxygens (including phenoxy) is 1. The molecule has 6 heteroatoms. The van der Waals surface area contributed by atoms with Crippen LogP contribution in [-0.2, 0) is 19.4 Å². The first-order valence-electron chi connectivity index (χ1n) is 3.50. The van der Waals surface area contributed by atoms with E-state index in [1.165, 1.54) is 7.11 Å². The van der Waals surface area contributed by atoms with E-state index in [4.69, 9.17) is 5.73 Å². The molecule has 5 nitrogen and oxygen atoms in total. The number of hydrogen-bond donors (Lipinski definition) is 1. The van der Waals surface area contributed by atoms with Gasteiger partial charge in [0.25, 0.3) is 0 Å². The van der Waals surface area contributed by atoms with Crippen LogP contribution in [-0.4, -0.2) is 39.0 Å². The minimum atomic E-state index is -2.91. The Morgan fingerprint density at radius 3 is 2.42 bits per heavy atom. The van der Waals surface area contributed by atoms with Gasteiger partial charge in [0, 0.05) is 5.92 Å². The first kappa shape index (κ1) is 9.47. The number of hydrogen-bond acceptors (Lipinski definition) is 5. The van der Waals surface area contributed by atoms with Gasteiger partial charge < -0.3 is 10.5 Å². The zero-order valence-electron chi connectivity index (χ0n) is 6.69. The summed E-state index contributed by atoms with van der Waals surface area (Å²) in [6.07, 6.45) is 0. The number of carbonyl (C=O) groups excluding carboxylic acids is 1. The maximum atomic E-state index is 10.8. The van der Waals surface area contributed by atoms with Gasteiger partial charge in [-0.25, -0.2) is 8.42 Å². The Balaban J connectivity index is 2.48. The topological polar surface area (TPSA) is 86.5 Å². The van der Waals surface area contributed by atoms with Crippen LogP contribution in [0.4, 0.5) is 0 Å². The van der Waals surface area contributed by atoms with Crippen LogP contribution in [0.25, 0.3) is 0 Å². The SMILES string of the molecule is COC(=O)[C@@H](N)C1CS(=O)(=O)C1. The number of sulfone groups is 1. The third-order valence-corrected chi connectivity index (χ3v) is 3.79. The van der Waals surface area contributed by atoms with Gasteiger partial charge in [-0.15, -0.1) is 0 Å². The molecule has 1 aliphatic heterocycles. The molecule has 1 rings (SSSR count). The maximum absolute atomic E-state index is 10.8. The van der Waals surface area contributed by atoms with Crippen LogP contribution < -0.4 is 5.73 Å². The number of rotatable bonds is 2. The molecule has 1 heterocycles. The molecular weight excluding hydrogens is 182 g/mol. The van der Waals surface area contributed by atoms with Crippen LogP contribution >= 0.6 is 0 Å². The summed E-state index contributed by atoms with van der Waals surface area (Å²) in [5, 5.41) is 0. The van der Waals surface area contributed by atoms with Crippen molar-refractivity contribution in [2.24, 2.45) is 11.7 Å². The first-order valence-corrected chi connectivity index (χ1v) is 5.32. The molecule has 2 N–H and O–H groups in total. The van der Waals surface area contributed by atoms with Crippen molar-refractivity contribution in [2.75, 3.05) is 18.6 Å². The second-order valence-corrected chi connectivity index (χ2v) is 5.04. The highest BCUT2D eigenvalue weighted by molar-refractivity contribution is 7.92. The third-order valence-electron chi connectivity index (χ3n) is 1.92. The number of carbonyl (C=O) groups is 1. The van der Waals surface area contributed by atoms with E-state index in [0.29, 0.717) is 0 Å². The molecule has 0 aromatic carbocycles. The van der Waals surface area contributed by atoms with E-state index in [2.05, 4.69) is 4.74 Å². The molecule has 0 aromatic heterocycles. The minimum absolute atomic E-state index is 0.00324.